The monoisotopic (exact) mass is 265 g/mol. The second kappa shape index (κ2) is 6.16. The summed E-state index contributed by atoms with van der Waals surface area (Å²) in [6.45, 7) is 6.44. The molecule has 1 unspecified atom stereocenters. The minimum atomic E-state index is 0.0270. The third-order valence-electron chi connectivity index (χ3n) is 3.47. The predicted octanol–water partition coefficient (Wildman–Crippen LogP) is 0.696. The average Bonchev–Trinajstić information content (AvgIpc) is 2.97. The zero-order valence-corrected chi connectivity index (χ0v) is 11.9. The number of likely N-dealkylation sites (N-methyl/N-ethyl adjacent to an activating group) is 1. The molecule has 1 aromatic rings. The maximum atomic E-state index is 12.0. The molecule has 0 spiro atoms. The first-order chi connectivity index (χ1) is 9.10. The van der Waals surface area contributed by atoms with Crippen LogP contribution >= 0.6 is 0 Å². The van der Waals surface area contributed by atoms with E-state index in [-0.39, 0.29) is 11.9 Å². The standard InChI is InChI=1S/C13H23N5O/c1-10(2)18-12(4-6-15-18)16-13(19)9-17-7-5-11(8-17)14-3/h4,6,10-11,14H,5,7-9H2,1-3H3,(H,16,19). The Kier molecular flexibility index (Phi) is 4.55. The van der Waals surface area contributed by atoms with Crippen LogP contribution < -0.4 is 10.6 Å². The summed E-state index contributed by atoms with van der Waals surface area (Å²) in [7, 11) is 1.97. The molecule has 1 atom stereocenters. The first kappa shape index (κ1) is 14.0. The van der Waals surface area contributed by atoms with Crippen LogP contribution in [0.2, 0.25) is 0 Å². The quantitative estimate of drug-likeness (QED) is 0.822. The van der Waals surface area contributed by atoms with Crippen molar-refractivity contribution in [3.63, 3.8) is 0 Å². The van der Waals surface area contributed by atoms with Gasteiger partial charge in [0.15, 0.2) is 0 Å². The van der Waals surface area contributed by atoms with Crippen molar-refractivity contribution in [2.45, 2.75) is 32.4 Å². The first-order valence-corrected chi connectivity index (χ1v) is 6.83. The predicted molar refractivity (Wildman–Crippen MR) is 75.1 cm³/mol. The number of rotatable bonds is 5. The van der Waals surface area contributed by atoms with Gasteiger partial charge < -0.3 is 10.6 Å². The second-order valence-electron chi connectivity index (χ2n) is 5.31. The van der Waals surface area contributed by atoms with Crippen molar-refractivity contribution in [2.75, 3.05) is 32.0 Å². The Balaban J connectivity index is 1.86. The molecule has 0 aliphatic carbocycles. The fourth-order valence-corrected chi connectivity index (χ4v) is 2.42. The third-order valence-corrected chi connectivity index (χ3v) is 3.47. The highest BCUT2D eigenvalue weighted by molar-refractivity contribution is 5.91. The van der Waals surface area contributed by atoms with E-state index in [0.29, 0.717) is 12.6 Å². The van der Waals surface area contributed by atoms with Crippen molar-refractivity contribution in [2.24, 2.45) is 0 Å². The lowest BCUT2D eigenvalue weighted by atomic mass is 10.3. The van der Waals surface area contributed by atoms with Crippen LogP contribution in [0.3, 0.4) is 0 Å². The van der Waals surface area contributed by atoms with Crippen LogP contribution in [0.25, 0.3) is 0 Å². The lowest BCUT2D eigenvalue weighted by Gasteiger charge is -2.16. The van der Waals surface area contributed by atoms with Crippen molar-refractivity contribution in [1.82, 2.24) is 20.0 Å². The smallest absolute Gasteiger partial charge is 0.239 e. The highest BCUT2D eigenvalue weighted by Crippen LogP contribution is 2.13. The third kappa shape index (κ3) is 3.54. The average molecular weight is 265 g/mol. The van der Waals surface area contributed by atoms with Crippen LogP contribution in [-0.4, -0.2) is 53.3 Å². The number of amides is 1. The molecule has 19 heavy (non-hydrogen) atoms. The lowest BCUT2D eigenvalue weighted by Crippen LogP contribution is -2.35. The largest absolute Gasteiger partial charge is 0.316 e. The summed E-state index contributed by atoms with van der Waals surface area (Å²) in [5.41, 5.74) is 0. The Morgan fingerprint density at radius 1 is 1.58 bits per heavy atom. The molecule has 1 fully saturated rings. The Bertz CT molecular complexity index is 428. The van der Waals surface area contributed by atoms with Gasteiger partial charge in [0.05, 0.1) is 12.7 Å². The molecule has 1 aliphatic heterocycles. The van der Waals surface area contributed by atoms with Crippen molar-refractivity contribution in [3.8, 4) is 0 Å². The van der Waals surface area contributed by atoms with Crippen LogP contribution in [0.15, 0.2) is 12.3 Å². The van der Waals surface area contributed by atoms with Crippen LogP contribution in [0, 0.1) is 0 Å². The number of carbonyl (C=O) groups is 1. The molecule has 2 rings (SSSR count). The molecule has 1 amide bonds. The summed E-state index contributed by atoms with van der Waals surface area (Å²) in [4.78, 5) is 14.2. The number of anilines is 1. The zero-order chi connectivity index (χ0) is 13.8. The SMILES string of the molecule is CNC1CCN(CC(=O)Nc2ccnn2C(C)C)C1. The highest BCUT2D eigenvalue weighted by Gasteiger charge is 2.22. The zero-order valence-electron chi connectivity index (χ0n) is 11.9. The van der Waals surface area contributed by atoms with Crippen LogP contribution in [-0.2, 0) is 4.79 Å². The van der Waals surface area contributed by atoms with E-state index in [4.69, 9.17) is 0 Å². The van der Waals surface area contributed by atoms with Crippen molar-refractivity contribution < 1.29 is 4.79 Å². The Labute approximate surface area is 114 Å². The van der Waals surface area contributed by atoms with Gasteiger partial charge in [0.1, 0.15) is 5.82 Å². The van der Waals surface area contributed by atoms with Gasteiger partial charge in [0, 0.05) is 31.2 Å². The molecule has 0 bridgehead atoms. The number of likely N-dealkylation sites (tertiary alicyclic amines) is 1. The first-order valence-electron chi connectivity index (χ1n) is 6.83. The molecule has 0 aromatic carbocycles. The Hall–Kier alpha value is -1.40. The van der Waals surface area contributed by atoms with E-state index < -0.39 is 0 Å². The van der Waals surface area contributed by atoms with E-state index in [1.54, 1.807) is 6.20 Å². The molecule has 1 saturated heterocycles. The minimum Gasteiger partial charge on any atom is -0.316 e. The lowest BCUT2D eigenvalue weighted by molar-refractivity contribution is -0.117. The van der Waals surface area contributed by atoms with E-state index >= 15 is 0 Å². The molecule has 1 aromatic heterocycles. The van der Waals surface area contributed by atoms with Gasteiger partial charge in [0.2, 0.25) is 5.91 Å². The molecular formula is C13H23N5O. The fraction of sp³-hybridized carbons (Fsp3) is 0.692. The van der Waals surface area contributed by atoms with Gasteiger partial charge in [-0.3, -0.25) is 9.69 Å². The fourth-order valence-electron chi connectivity index (χ4n) is 2.42. The molecule has 2 N–H and O–H groups in total. The molecule has 0 saturated carbocycles. The second-order valence-corrected chi connectivity index (χ2v) is 5.31. The molecule has 6 nitrogen and oxygen atoms in total. The molecule has 106 valence electrons. The van der Waals surface area contributed by atoms with Crippen LogP contribution in [0.4, 0.5) is 5.82 Å². The topological polar surface area (TPSA) is 62.2 Å². The van der Waals surface area contributed by atoms with Gasteiger partial charge in [0.25, 0.3) is 0 Å². The Morgan fingerprint density at radius 2 is 2.37 bits per heavy atom. The number of hydrogen-bond donors (Lipinski definition) is 2. The number of nitrogens with zero attached hydrogens (tertiary/aromatic N) is 3. The molecule has 0 radical (unpaired) electrons. The summed E-state index contributed by atoms with van der Waals surface area (Å²) in [6.07, 6.45) is 2.82. The van der Waals surface area contributed by atoms with Gasteiger partial charge in [-0.25, -0.2) is 4.68 Å². The molecule has 1 aliphatic rings. The van der Waals surface area contributed by atoms with Gasteiger partial charge in [-0.2, -0.15) is 5.10 Å². The summed E-state index contributed by atoms with van der Waals surface area (Å²) >= 11 is 0. The minimum absolute atomic E-state index is 0.0270. The summed E-state index contributed by atoms with van der Waals surface area (Å²) in [5, 5.41) is 10.4. The van der Waals surface area contributed by atoms with E-state index in [1.807, 2.05) is 31.6 Å². The van der Waals surface area contributed by atoms with Crippen molar-refractivity contribution in [3.05, 3.63) is 12.3 Å². The summed E-state index contributed by atoms with van der Waals surface area (Å²) < 4.78 is 1.82. The van der Waals surface area contributed by atoms with E-state index in [1.165, 1.54) is 0 Å². The van der Waals surface area contributed by atoms with Gasteiger partial charge >= 0.3 is 0 Å². The van der Waals surface area contributed by atoms with Gasteiger partial charge in [-0.15, -0.1) is 0 Å². The van der Waals surface area contributed by atoms with Crippen molar-refractivity contribution >= 4 is 11.7 Å². The number of carbonyl (C=O) groups excluding carboxylic acids is 1. The highest BCUT2D eigenvalue weighted by atomic mass is 16.2. The number of hydrogen-bond acceptors (Lipinski definition) is 4. The molecule has 6 heteroatoms. The number of aromatic nitrogens is 2. The van der Waals surface area contributed by atoms with Gasteiger partial charge in [-0.05, 0) is 27.3 Å². The maximum absolute atomic E-state index is 12.0. The number of nitrogens with one attached hydrogen (secondary N) is 2. The Morgan fingerprint density at radius 3 is 3.00 bits per heavy atom. The molecular weight excluding hydrogens is 242 g/mol. The summed E-state index contributed by atoms with van der Waals surface area (Å²) in [5.74, 6) is 0.795. The van der Waals surface area contributed by atoms with Gasteiger partial charge in [-0.1, -0.05) is 0 Å². The van der Waals surface area contributed by atoms with Crippen LogP contribution in [0.1, 0.15) is 26.3 Å². The maximum Gasteiger partial charge on any atom is 0.239 e. The normalized spacial score (nSPS) is 20.1. The van der Waals surface area contributed by atoms with E-state index in [9.17, 15) is 4.79 Å². The molecule has 2 heterocycles. The van der Waals surface area contributed by atoms with Crippen molar-refractivity contribution in [1.29, 1.82) is 0 Å². The van der Waals surface area contributed by atoms with E-state index in [0.717, 1.165) is 25.3 Å². The van der Waals surface area contributed by atoms with Crippen LogP contribution in [0.5, 0.6) is 0 Å². The van der Waals surface area contributed by atoms with E-state index in [2.05, 4.69) is 20.6 Å². The summed E-state index contributed by atoms with van der Waals surface area (Å²) in [6, 6.07) is 2.58.